The third-order valence-electron chi connectivity index (χ3n) is 5.25. The number of esters is 1. The van der Waals surface area contributed by atoms with Crippen molar-refractivity contribution in [1.82, 2.24) is 0 Å². The smallest absolute Gasteiger partial charge is 0.449 e. The zero-order chi connectivity index (χ0) is 24.5. The molecule has 1 heterocycles. The summed E-state index contributed by atoms with van der Waals surface area (Å²) in [5.74, 6) is -3.44. The van der Waals surface area contributed by atoms with Crippen molar-refractivity contribution in [3.05, 3.63) is 62.5 Å². The number of carbonyl (C=O) groups excluding carboxylic acids is 1. The SMILES string of the molecule is CCC(CC)C(=O)Oc1ccc2c(=O)c(Oc3cc(C)c(Cl)c(C)c3)c(C(F)(F)F)oc2c1. The van der Waals surface area contributed by atoms with Gasteiger partial charge in [0.05, 0.1) is 11.3 Å². The zero-order valence-corrected chi connectivity index (χ0v) is 19.2. The molecule has 0 atom stereocenters. The maximum atomic E-state index is 13.8. The molecule has 0 bridgehead atoms. The van der Waals surface area contributed by atoms with Gasteiger partial charge in [0.25, 0.3) is 5.76 Å². The van der Waals surface area contributed by atoms with Crippen LogP contribution in [0.2, 0.25) is 5.02 Å². The van der Waals surface area contributed by atoms with E-state index in [1.807, 2.05) is 13.8 Å². The number of alkyl halides is 3. The van der Waals surface area contributed by atoms with Gasteiger partial charge < -0.3 is 13.9 Å². The molecule has 0 fully saturated rings. The number of ether oxygens (including phenoxy) is 2. The third-order valence-corrected chi connectivity index (χ3v) is 5.84. The van der Waals surface area contributed by atoms with Gasteiger partial charge in [-0.3, -0.25) is 9.59 Å². The van der Waals surface area contributed by atoms with Gasteiger partial charge in [0.2, 0.25) is 11.2 Å². The summed E-state index contributed by atoms with van der Waals surface area (Å²) < 4.78 is 57.0. The molecule has 0 saturated carbocycles. The van der Waals surface area contributed by atoms with Crippen LogP contribution < -0.4 is 14.9 Å². The Labute approximate surface area is 193 Å². The van der Waals surface area contributed by atoms with Crippen LogP contribution in [0.15, 0.2) is 39.5 Å². The topological polar surface area (TPSA) is 65.7 Å². The molecule has 176 valence electrons. The summed E-state index contributed by atoms with van der Waals surface area (Å²) in [6.45, 7) is 6.99. The summed E-state index contributed by atoms with van der Waals surface area (Å²) in [5.41, 5.74) is -0.228. The highest BCUT2D eigenvalue weighted by Crippen LogP contribution is 2.39. The molecule has 0 saturated heterocycles. The number of rotatable bonds is 6. The number of halogens is 4. The molecule has 33 heavy (non-hydrogen) atoms. The highest BCUT2D eigenvalue weighted by Gasteiger charge is 2.40. The molecule has 3 rings (SSSR count). The lowest BCUT2D eigenvalue weighted by Crippen LogP contribution is -2.19. The Bertz CT molecular complexity index is 1240. The van der Waals surface area contributed by atoms with Crippen LogP contribution in [0.1, 0.15) is 43.6 Å². The van der Waals surface area contributed by atoms with E-state index in [2.05, 4.69) is 0 Å². The lowest BCUT2D eigenvalue weighted by molar-refractivity contribution is -0.154. The summed E-state index contributed by atoms with van der Waals surface area (Å²) in [5, 5.41) is 0.294. The second kappa shape index (κ2) is 9.47. The largest absolute Gasteiger partial charge is 0.453 e. The molecule has 5 nitrogen and oxygen atoms in total. The molecule has 0 N–H and O–H groups in total. The first-order chi connectivity index (χ1) is 15.5. The van der Waals surface area contributed by atoms with Gasteiger partial charge in [0.15, 0.2) is 0 Å². The quantitative estimate of drug-likeness (QED) is 0.274. The average molecular weight is 483 g/mol. The molecular formula is C24H22ClF3O5. The summed E-state index contributed by atoms with van der Waals surface area (Å²) in [6.07, 6.45) is -3.90. The Morgan fingerprint density at radius 2 is 1.67 bits per heavy atom. The maximum Gasteiger partial charge on any atom is 0.453 e. The molecule has 0 spiro atoms. The van der Waals surface area contributed by atoms with Crippen LogP contribution in [-0.2, 0) is 11.0 Å². The number of carbonyl (C=O) groups is 1. The molecule has 3 aromatic rings. The van der Waals surface area contributed by atoms with Gasteiger partial charge in [0.1, 0.15) is 17.1 Å². The van der Waals surface area contributed by atoms with E-state index >= 15 is 0 Å². The van der Waals surface area contributed by atoms with Crippen molar-refractivity contribution < 1.29 is 31.9 Å². The van der Waals surface area contributed by atoms with E-state index in [1.165, 1.54) is 24.3 Å². The fourth-order valence-electron chi connectivity index (χ4n) is 3.40. The lowest BCUT2D eigenvalue weighted by atomic mass is 10.0. The predicted octanol–water partition coefficient (Wildman–Crippen LogP) is 7.22. The Morgan fingerprint density at radius 1 is 1.06 bits per heavy atom. The lowest BCUT2D eigenvalue weighted by Gasteiger charge is -2.15. The van der Waals surface area contributed by atoms with E-state index in [9.17, 15) is 22.8 Å². The summed E-state index contributed by atoms with van der Waals surface area (Å²) >= 11 is 6.10. The molecule has 0 radical (unpaired) electrons. The van der Waals surface area contributed by atoms with Gasteiger partial charge in [0, 0.05) is 11.1 Å². The van der Waals surface area contributed by atoms with Crippen molar-refractivity contribution in [3.8, 4) is 17.2 Å². The van der Waals surface area contributed by atoms with E-state index in [4.69, 9.17) is 25.5 Å². The highest BCUT2D eigenvalue weighted by atomic mass is 35.5. The van der Waals surface area contributed by atoms with Crippen molar-refractivity contribution in [2.45, 2.75) is 46.7 Å². The first kappa shape index (κ1) is 24.6. The number of fused-ring (bicyclic) bond motifs is 1. The number of hydrogen-bond donors (Lipinski definition) is 0. The van der Waals surface area contributed by atoms with E-state index < -0.39 is 29.1 Å². The fourth-order valence-corrected chi connectivity index (χ4v) is 3.51. The van der Waals surface area contributed by atoms with Crippen molar-refractivity contribution >= 4 is 28.5 Å². The Morgan fingerprint density at radius 3 is 2.21 bits per heavy atom. The molecule has 0 unspecified atom stereocenters. The van der Waals surface area contributed by atoms with Crippen LogP contribution in [-0.4, -0.2) is 5.97 Å². The normalized spacial score (nSPS) is 11.8. The Balaban J connectivity index is 2.11. The van der Waals surface area contributed by atoms with E-state index in [-0.39, 0.29) is 28.4 Å². The van der Waals surface area contributed by atoms with Gasteiger partial charge in [-0.25, -0.2) is 0 Å². The number of aryl methyl sites for hydroxylation is 2. The predicted molar refractivity (Wildman–Crippen MR) is 118 cm³/mol. The summed E-state index contributed by atoms with van der Waals surface area (Å²) in [6, 6.07) is 6.51. The number of benzene rings is 2. The van der Waals surface area contributed by atoms with E-state index in [1.54, 1.807) is 13.8 Å². The van der Waals surface area contributed by atoms with Crippen LogP contribution in [0.25, 0.3) is 11.0 Å². The Hall–Kier alpha value is -3.00. The molecule has 0 aliphatic carbocycles. The van der Waals surface area contributed by atoms with Crippen LogP contribution in [0.5, 0.6) is 17.2 Å². The first-order valence-corrected chi connectivity index (χ1v) is 10.7. The maximum absolute atomic E-state index is 13.8. The monoisotopic (exact) mass is 482 g/mol. The highest BCUT2D eigenvalue weighted by molar-refractivity contribution is 6.32. The van der Waals surface area contributed by atoms with Gasteiger partial charge in [-0.15, -0.1) is 0 Å². The molecular weight excluding hydrogens is 461 g/mol. The molecule has 0 amide bonds. The van der Waals surface area contributed by atoms with Crippen LogP contribution >= 0.6 is 11.6 Å². The average Bonchev–Trinajstić information content (AvgIpc) is 2.73. The molecule has 2 aromatic carbocycles. The van der Waals surface area contributed by atoms with Crippen molar-refractivity contribution in [2.24, 2.45) is 5.92 Å². The standard InChI is InChI=1S/C24H22ClF3O5/c1-5-14(6-2)23(30)32-15-7-8-17-18(11-15)33-22(24(26,27)28)21(20(17)29)31-16-9-12(3)19(25)13(4)10-16/h7-11,14H,5-6H2,1-4H3. The molecule has 0 aliphatic rings. The second-order valence-corrected chi connectivity index (χ2v) is 8.03. The summed E-state index contributed by atoms with van der Waals surface area (Å²) in [4.78, 5) is 25.2. The molecule has 1 aromatic heterocycles. The van der Waals surface area contributed by atoms with Gasteiger partial charge in [-0.2, -0.15) is 13.2 Å². The van der Waals surface area contributed by atoms with Crippen molar-refractivity contribution in [2.75, 3.05) is 0 Å². The van der Waals surface area contributed by atoms with Gasteiger partial charge in [-0.1, -0.05) is 25.4 Å². The zero-order valence-electron chi connectivity index (χ0n) is 18.4. The van der Waals surface area contributed by atoms with Crippen LogP contribution in [0.4, 0.5) is 13.2 Å². The first-order valence-electron chi connectivity index (χ1n) is 10.3. The van der Waals surface area contributed by atoms with Crippen molar-refractivity contribution in [1.29, 1.82) is 0 Å². The fraction of sp³-hybridized carbons (Fsp3) is 0.333. The van der Waals surface area contributed by atoms with E-state index in [0.717, 1.165) is 6.07 Å². The molecule has 9 heteroatoms. The molecule has 0 aliphatic heterocycles. The Kier molecular flexibility index (Phi) is 7.07. The van der Waals surface area contributed by atoms with Gasteiger partial charge in [-0.05, 0) is 62.1 Å². The second-order valence-electron chi connectivity index (χ2n) is 7.65. The van der Waals surface area contributed by atoms with E-state index in [0.29, 0.717) is 29.0 Å². The minimum atomic E-state index is -5.01. The minimum absolute atomic E-state index is 0.0160. The summed E-state index contributed by atoms with van der Waals surface area (Å²) in [7, 11) is 0. The minimum Gasteiger partial charge on any atom is -0.449 e. The van der Waals surface area contributed by atoms with Crippen molar-refractivity contribution in [3.63, 3.8) is 0 Å². The number of hydrogen-bond acceptors (Lipinski definition) is 5. The van der Waals surface area contributed by atoms with Gasteiger partial charge >= 0.3 is 12.1 Å². The van der Waals surface area contributed by atoms with Crippen LogP contribution in [0.3, 0.4) is 0 Å². The third kappa shape index (κ3) is 5.16. The van der Waals surface area contributed by atoms with Crippen LogP contribution in [0, 0.1) is 19.8 Å².